The number of carbonyl (C=O) groups excluding carboxylic acids is 1. The summed E-state index contributed by atoms with van der Waals surface area (Å²) in [5, 5.41) is 11.7. The fraction of sp³-hybridized carbons (Fsp3) is 0.500. The largest absolute Gasteiger partial charge is 0.484 e. The van der Waals surface area contributed by atoms with E-state index < -0.39 is 0 Å². The van der Waals surface area contributed by atoms with Gasteiger partial charge in [0.15, 0.2) is 6.61 Å². The first-order valence-corrected chi connectivity index (χ1v) is 7.36. The molecule has 0 atom stereocenters. The molecule has 0 radical (unpaired) electrons. The lowest BCUT2D eigenvalue weighted by molar-refractivity contribution is -0.124. The summed E-state index contributed by atoms with van der Waals surface area (Å²) in [6.07, 6.45) is 1.99. The number of rotatable bonds is 5. The highest BCUT2D eigenvalue weighted by Crippen LogP contribution is 2.12. The molecule has 1 saturated heterocycles. The number of piperidine rings is 1. The number of benzene rings is 1. The van der Waals surface area contributed by atoms with Crippen LogP contribution in [0.3, 0.4) is 0 Å². The molecule has 1 amide bonds. The van der Waals surface area contributed by atoms with Crippen LogP contribution in [0.2, 0.25) is 0 Å². The molecule has 2 rings (SSSR count). The second kappa shape index (κ2) is 7.65. The molecular weight excluding hydrogens is 266 g/mol. The average molecular weight is 287 g/mol. The minimum absolute atomic E-state index is 0.0138. The van der Waals surface area contributed by atoms with Crippen LogP contribution in [-0.4, -0.2) is 43.1 Å². The summed E-state index contributed by atoms with van der Waals surface area (Å²) in [6, 6.07) is 9.05. The number of carbonyl (C=O) groups is 1. The van der Waals surface area contributed by atoms with Crippen molar-refractivity contribution in [3.63, 3.8) is 0 Å². The zero-order chi connectivity index (χ0) is 15.1. The Morgan fingerprint density at radius 2 is 2.05 bits per heavy atom. The maximum atomic E-state index is 11.9. The average Bonchev–Trinajstić information content (AvgIpc) is 2.54. The van der Waals surface area contributed by atoms with Gasteiger partial charge in [0.05, 0.1) is 11.6 Å². The molecule has 112 valence electrons. The van der Waals surface area contributed by atoms with Crippen molar-refractivity contribution in [2.75, 3.05) is 26.2 Å². The molecule has 1 aromatic carbocycles. The minimum atomic E-state index is -0.0886. The lowest BCUT2D eigenvalue weighted by Crippen LogP contribution is -2.45. The van der Waals surface area contributed by atoms with Crippen LogP contribution >= 0.6 is 0 Å². The van der Waals surface area contributed by atoms with E-state index in [1.807, 2.05) is 6.07 Å². The van der Waals surface area contributed by atoms with E-state index in [9.17, 15) is 4.79 Å². The van der Waals surface area contributed by atoms with Crippen molar-refractivity contribution < 1.29 is 9.53 Å². The molecule has 0 saturated carbocycles. The van der Waals surface area contributed by atoms with Gasteiger partial charge in [0.2, 0.25) is 0 Å². The summed E-state index contributed by atoms with van der Waals surface area (Å²) in [5.41, 5.74) is 0.578. The van der Waals surface area contributed by atoms with Crippen LogP contribution in [0.25, 0.3) is 0 Å². The highest BCUT2D eigenvalue weighted by Gasteiger charge is 2.19. The fourth-order valence-electron chi connectivity index (χ4n) is 2.44. The highest BCUT2D eigenvalue weighted by atomic mass is 16.5. The molecule has 1 fully saturated rings. The van der Waals surface area contributed by atoms with Crippen LogP contribution in [0.4, 0.5) is 0 Å². The van der Waals surface area contributed by atoms with Gasteiger partial charge in [0.25, 0.3) is 5.91 Å². The van der Waals surface area contributed by atoms with Gasteiger partial charge in [0, 0.05) is 19.1 Å². The SMILES string of the molecule is CCN1CCC(NC(=O)COc2ccc(C#N)cc2)CC1. The predicted octanol–water partition coefficient (Wildman–Crippen LogP) is 1.54. The third-order valence-electron chi connectivity index (χ3n) is 3.75. The van der Waals surface area contributed by atoms with Crippen LogP contribution in [0.15, 0.2) is 24.3 Å². The van der Waals surface area contributed by atoms with E-state index in [-0.39, 0.29) is 18.6 Å². The van der Waals surface area contributed by atoms with Crippen molar-refractivity contribution in [2.45, 2.75) is 25.8 Å². The molecule has 1 aliphatic heterocycles. The molecule has 5 nitrogen and oxygen atoms in total. The number of hydrogen-bond donors (Lipinski definition) is 1. The number of nitrogens with zero attached hydrogens (tertiary/aromatic N) is 2. The van der Waals surface area contributed by atoms with Crippen molar-refractivity contribution in [3.05, 3.63) is 29.8 Å². The van der Waals surface area contributed by atoms with Crippen LogP contribution in [-0.2, 0) is 4.79 Å². The van der Waals surface area contributed by atoms with Crippen molar-refractivity contribution in [2.24, 2.45) is 0 Å². The van der Waals surface area contributed by atoms with Crippen molar-refractivity contribution in [3.8, 4) is 11.8 Å². The van der Waals surface area contributed by atoms with Gasteiger partial charge >= 0.3 is 0 Å². The lowest BCUT2D eigenvalue weighted by atomic mass is 10.1. The standard InChI is InChI=1S/C16H21N3O2/c1-2-19-9-7-14(8-10-19)18-16(20)12-21-15-5-3-13(11-17)4-6-15/h3-6,14H,2,7-10,12H2,1H3,(H,18,20). The van der Waals surface area contributed by atoms with Gasteiger partial charge < -0.3 is 15.0 Å². The molecule has 1 aliphatic rings. The lowest BCUT2D eigenvalue weighted by Gasteiger charge is -2.31. The highest BCUT2D eigenvalue weighted by molar-refractivity contribution is 5.77. The first-order chi connectivity index (χ1) is 10.2. The number of nitrogens with one attached hydrogen (secondary N) is 1. The van der Waals surface area contributed by atoms with Crippen molar-refractivity contribution >= 4 is 5.91 Å². The molecule has 0 bridgehead atoms. The monoisotopic (exact) mass is 287 g/mol. The van der Waals surface area contributed by atoms with E-state index in [1.54, 1.807) is 24.3 Å². The number of nitriles is 1. The summed E-state index contributed by atoms with van der Waals surface area (Å²) in [6.45, 7) is 5.32. The second-order valence-electron chi connectivity index (χ2n) is 5.20. The van der Waals surface area contributed by atoms with Crippen LogP contribution in [0.1, 0.15) is 25.3 Å². The molecule has 21 heavy (non-hydrogen) atoms. The Bertz CT molecular complexity index is 499. The molecule has 0 unspecified atom stereocenters. The second-order valence-corrected chi connectivity index (χ2v) is 5.20. The zero-order valence-electron chi connectivity index (χ0n) is 12.3. The maximum absolute atomic E-state index is 11.9. The van der Waals surface area contributed by atoms with E-state index in [2.05, 4.69) is 17.1 Å². The Labute approximate surface area is 125 Å². The predicted molar refractivity (Wildman–Crippen MR) is 79.9 cm³/mol. The van der Waals surface area contributed by atoms with E-state index in [0.29, 0.717) is 11.3 Å². The fourth-order valence-corrected chi connectivity index (χ4v) is 2.44. The first kappa shape index (κ1) is 15.3. The van der Waals surface area contributed by atoms with Crippen LogP contribution in [0.5, 0.6) is 5.75 Å². The van der Waals surface area contributed by atoms with E-state index >= 15 is 0 Å². The summed E-state index contributed by atoms with van der Waals surface area (Å²) in [5.74, 6) is 0.513. The molecule has 5 heteroatoms. The zero-order valence-corrected chi connectivity index (χ0v) is 12.3. The van der Waals surface area contributed by atoms with Gasteiger partial charge in [-0.25, -0.2) is 0 Å². The Balaban J connectivity index is 1.71. The molecule has 0 aromatic heterocycles. The molecule has 0 spiro atoms. The van der Waals surface area contributed by atoms with Gasteiger partial charge in [-0.15, -0.1) is 0 Å². The van der Waals surface area contributed by atoms with Gasteiger partial charge in [-0.3, -0.25) is 4.79 Å². The number of likely N-dealkylation sites (tertiary alicyclic amines) is 1. The number of ether oxygens (including phenoxy) is 1. The van der Waals surface area contributed by atoms with Crippen LogP contribution < -0.4 is 10.1 Å². The third-order valence-corrected chi connectivity index (χ3v) is 3.75. The van der Waals surface area contributed by atoms with Gasteiger partial charge in [-0.05, 0) is 43.7 Å². The molecule has 1 heterocycles. The number of amides is 1. The number of hydrogen-bond acceptors (Lipinski definition) is 4. The normalized spacial score (nSPS) is 16.2. The minimum Gasteiger partial charge on any atom is -0.484 e. The summed E-state index contributed by atoms with van der Waals surface area (Å²) >= 11 is 0. The first-order valence-electron chi connectivity index (χ1n) is 7.36. The Hall–Kier alpha value is -2.06. The van der Waals surface area contributed by atoms with Gasteiger partial charge in [-0.2, -0.15) is 5.26 Å². The molecular formula is C16H21N3O2. The molecule has 1 N–H and O–H groups in total. The Kier molecular flexibility index (Phi) is 5.59. The Morgan fingerprint density at radius 3 is 2.62 bits per heavy atom. The van der Waals surface area contributed by atoms with E-state index in [4.69, 9.17) is 10.00 Å². The summed E-state index contributed by atoms with van der Waals surface area (Å²) in [7, 11) is 0. The molecule has 0 aliphatic carbocycles. The quantitative estimate of drug-likeness (QED) is 0.892. The molecule has 1 aromatic rings. The maximum Gasteiger partial charge on any atom is 0.258 e. The summed E-state index contributed by atoms with van der Waals surface area (Å²) < 4.78 is 5.42. The van der Waals surface area contributed by atoms with Crippen LogP contribution in [0, 0.1) is 11.3 Å². The van der Waals surface area contributed by atoms with Crippen molar-refractivity contribution in [1.82, 2.24) is 10.2 Å². The van der Waals surface area contributed by atoms with Gasteiger partial charge in [-0.1, -0.05) is 6.92 Å². The van der Waals surface area contributed by atoms with Crippen molar-refractivity contribution in [1.29, 1.82) is 5.26 Å². The summed E-state index contributed by atoms with van der Waals surface area (Å²) in [4.78, 5) is 14.2. The third kappa shape index (κ3) is 4.76. The van der Waals surface area contributed by atoms with Gasteiger partial charge in [0.1, 0.15) is 5.75 Å². The van der Waals surface area contributed by atoms with E-state index in [0.717, 1.165) is 32.5 Å². The smallest absolute Gasteiger partial charge is 0.258 e. The Morgan fingerprint density at radius 1 is 1.38 bits per heavy atom. The van der Waals surface area contributed by atoms with E-state index in [1.165, 1.54) is 0 Å². The topological polar surface area (TPSA) is 65.4 Å².